The van der Waals surface area contributed by atoms with E-state index in [1.165, 1.54) is 24.9 Å². The fraction of sp³-hybridized carbons (Fsp3) is 0.667. The Hall–Kier alpha value is -1.02. The van der Waals surface area contributed by atoms with Crippen LogP contribution in [0.15, 0.2) is 35.3 Å². The first-order valence-corrected chi connectivity index (χ1v) is 10.0. The minimum absolute atomic E-state index is 0. The summed E-state index contributed by atoms with van der Waals surface area (Å²) in [6, 6.07) is 10.5. The summed E-state index contributed by atoms with van der Waals surface area (Å²) in [7, 11) is 4.29. The third kappa shape index (κ3) is 9.14. The Morgan fingerprint density at radius 1 is 1.15 bits per heavy atom. The number of nitrogens with one attached hydrogen (secondary N) is 1. The Morgan fingerprint density at radius 2 is 1.85 bits per heavy atom. The van der Waals surface area contributed by atoms with Gasteiger partial charge in [-0.3, -0.25) is 4.99 Å². The van der Waals surface area contributed by atoms with Gasteiger partial charge in [-0.25, -0.2) is 0 Å². The van der Waals surface area contributed by atoms with Crippen molar-refractivity contribution in [1.82, 2.24) is 10.2 Å². The van der Waals surface area contributed by atoms with Crippen molar-refractivity contribution in [2.75, 3.05) is 58.4 Å². The summed E-state index contributed by atoms with van der Waals surface area (Å²) in [5.41, 5.74) is 1.26. The molecule has 6 heteroatoms. The third-order valence-corrected chi connectivity index (χ3v) is 5.02. The Morgan fingerprint density at radius 3 is 2.52 bits per heavy atom. The molecule has 1 aliphatic rings. The van der Waals surface area contributed by atoms with Crippen molar-refractivity contribution in [2.24, 2.45) is 10.9 Å². The van der Waals surface area contributed by atoms with Gasteiger partial charge in [-0.1, -0.05) is 18.2 Å². The molecule has 1 aromatic rings. The predicted molar refractivity (Wildman–Crippen MR) is 127 cm³/mol. The van der Waals surface area contributed by atoms with E-state index in [-0.39, 0.29) is 24.0 Å². The summed E-state index contributed by atoms with van der Waals surface area (Å²) in [6.45, 7) is 7.81. The number of halogens is 1. The smallest absolute Gasteiger partial charge is 0.193 e. The molecule has 2 rings (SSSR count). The van der Waals surface area contributed by atoms with E-state index in [0.717, 1.165) is 57.7 Å². The standard InChI is InChI=1S/C21H36N4O.HI/c1-4-22-21(25(3)16-11-19-12-17-26-18-13-19)23-14-8-15-24(2)20-9-6-5-7-10-20;/h5-7,9-10,19H,4,8,11-18H2,1-3H3,(H,22,23);1H. The SMILES string of the molecule is CCNC(=NCCCN(C)c1ccccc1)N(C)CCC1CCOCC1.I. The second kappa shape index (κ2) is 14.0. The highest BCUT2D eigenvalue weighted by Crippen LogP contribution is 2.18. The molecule has 0 amide bonds. The van der Waals surface area contributed by atoms with Gasteiger partial charge >= 0.3 is 0 Å². The Balaban J connectivity index is 0.00000364. The molecule has 0 unspecified atom stereocenters. The van der Waals surface area contributed by atoms with Crippen LogP contribution in [0.1, 0.15) is 32.6 Å². The molecule has 0 aliphatic carbocycles. The molecule has 0 atom stereocenters. The molecule has 27 heavy (non-hydrogen) atoms. The van der Waals surface area contributed by atoms with Crippen molar-refractivity contribution in [1.29, 1.82) is 0 Å². The van der Waals surface area contributed by atoms with Crippen molar-refractivity contribution in [3.63, 3.8) is 0 Å². The van der Waals surface area contributed by atoms with E-state index in [1.54, 1.807) is 0 Å². The van der Waals surface area contributed by atoms with Gasteiger partial charge in [0.1, 0.15) is 0 Å². The van der Waals surface area contributed by atoms with Crippen LogP contribution in [0.4, 0.5) is 5.69 Å². The molecular weight excluding hydrogens is 451 g/mol. The zero-order valence-electron chi connectivity index (χ0n) is 17.2. The van der Waals surface area contributed by atoms with Crippen LogP contribution in [0.25, 0.3) is 0 Å². The normalized spacial score (nSPS) is 15.1. The predicted octanol–water partition coefficient (Wildman–Crippen LogP) is 3.84. The van der Waals surface area contributed by atoms with Gasteiger partial charge in [-0.05, 0) is 50.7 Å². The highest BCUT2D eigenvalue weighted by atomic mass is 127. The summed E-state index contributed by atoms with van der Waals surface area (Å²) in [4.78, 5) is 9.39. The van der Waals surface area contributed by atoms with E-state index in [1.807, 2.05) is 0 Å². The molecule has 0 spiro atoms. The number of rotatable bonds is 9. The molecule has 5 nitrogen and oxygen atoms in total. The Kier molecular flexibility index (Phi) is 12.5. The van der Waals surface area contributed by atoms with Crippen LogP contribution in [0.3, 0.4) is 0 Å². The number of anilines is 1. The Bertz CT molecular complexity index is 520. The van der Waals surface area contributed by atoms with Crippen molar-refractivity contribution < 1.29 is 4.74 Å². The molecule has 1 aliphatic heterocycles. The van der Waals surface area contributed by atoms with Crippen molar-refractivity contribution in [3.8, 4) is 0 Å². The highest BCUT2D eigenvalue weighted by molar-refractivity contribution is 14.0. The summed E-state index contributed by atoms with van der Waals surface area (Å²) in [6.07, 6.45) is 4.68. The van der Waals surface area contributed by atoms with Gasteiger partial charge in [-0.15, -0.1) is 24.0 Å². The molecule has 1 fully saturated rings. The lowest BCUT2D eigenvalue weighted by Gasteiger charge is -2.27. The average Bonchev–Trinajstić information content (AvgIpc) is 2.69. The lowest BCUT2D eigenvalue weighted by atomic mass is 9.96. The molecule has 1 saturated heterocycles. The zero-order chi connectivity index (χ0) is 18.6. The van der Waals surface area contributed by atoms with Gasteiger partial charge in [0.2, 0.25) is 0 Å². The first kappa shape index (κ1) is 24.0. The van der Waals surface area contributed by atoms with Crippen LogP contribution in [0.5, 0.6) is 0 Å². The lowest BCUT2D eigenvalue weighted by molar-refractivity contribution is 0.0625. The van der Waals surface area contributed by atoms with E-state index in [9.17, 15) is 0 Å². The molecule has 154 valence electrons. The van der Waals surface area contributed by atoms with E-state index in [2.05, 4.69) is 66.5 Å². The molecule has 0 saturated carbocycles. The molecule has 1 N–H and O–H groups in total. The monoisotopic (exact) mass is 488 g/mol. The number of hydrogen-bond acceptors (Lipinski definition) is 3. The largest absolute Gasteiger partial charge is 0.381 e. The van der Waals surface area contributed by atoms with Crippen LogP contribution in [0.2, 0.25) is 0 Å². The zero-order valence-corrected chi connectivity index (χ0v) is 19.5. The average molecular weight is 488 g/mol. The number of ether oxygens (including phenoxy) is 1. The van der Waals surface area contributed by atoms with E-state index in [0.29, 0.717) is 0 Å². The molecule has 1 aromatic carbocycles. The van der Waals surface area contributed by atoms with Gasteiger partial charge in [-0.2, -0.15) is 0 Å². The number of guanidine groups is 1. The molecule has 0 bridgehead atoms. The lowest BCUT2D eigenvalue weighted by Crippen LogP contribution is -2.40. The Labute approximate surface area is 182 Å². The summed E-state index contributed by atoms with van der Waals surface area (Å²) < 4.78 is 5.46. The van der Waals surface area contributed by atoms with Gasteiger partial charge < -0.3 is 19.9 Å². The van der Waals surface area contributed by atoms with Crippen molar-refractivity contribution >= 4 is 35.6 Å². The number of benzene rings is 1. The number of hydrogen-bond donors (Lipinski definition) is 1. The summed E-state index contributed by atoms with van der Waals surface area (Å²) >= 11 is 0. The molecular formula is C21H37IN4O. The first-order chi connectivity index (χ1) is 12.7. The van der Waals surface area contributed by atoms with Crippen molar-refractivity contribution in [2.45, 2.75) is 32.6 Å². The van der Waals surface area contributed by atoms with Crippen LogP contribution >= 0.6 is 24.0 Å². The van der Waals surface area contributed by atoms with Gasteiger partial charge in [0, 0.05) is 59.2 Å². The van der Waals surface area contributed by atoms with Crippen LogP contribution in [-0.2, 0) is 4.74 Å². The minimum Gasteiger partial charge on any atom is -0.381 e. The van der Waals surface area contributed by atoms with Crippen molar-refractivity contribution in [3.05, 3.63) is 30.3 Å². The fourth-order valence-corrected chi connectivity index (χ4v) is 3.29. The van der Waals surface area contributed by atoms with E-state index < -0.39 is 0 Å². The van der Waals surface area contributed by atoms with E-state index >= 15 is 0 Å². The summed E-state index contributed by atoms with van der Waals surface area (Å²) in [5, 5.41) is 3.43. The molecule has 0 aromatic heterocycles. The maximum absolute atomic E-state index is 5.46. The second-order valence-electron chi connectivity index (χ2n) is 7.11. The minimum atomic E-state index is 0. The summed E-state index contributed by atoms with van der Waals surface area (Å²) in [5.74, 6) is 1.83. The van der Waals surface area contributed by atoms with Gasteiger partial charge in [0.25, 0.3) is 0 Å². The topological polar surface area (TPSA) is 40.1 Å². The van der Waals surface area contributed by atoms with Crippen LogP contribution < -0.4 is 10.2 Å². The maximum atomic E-state index is 5.46. The van der Waals surface area contributed by atoms with Gasteiger partial charge in [0.15, 0.2) is 5.96 Å². The highest BCUT2D eigenvalue weighted by Gasteiger charge is 2.15. The fourth-order valence-electron chi connectivity index (χ4n) is 3.29. The molecule has 1 heterocycles. The maximum Gasteiger partial charge on any atom is 0.193 e. The number of aliphatic imine (C=N–C) groups is 1. The number of nitrogens with zero attached hydrogens (tertiary/aromatic N) is 3. The quantitative estimate of drug-likeness (QED) is 0.248. The molecule has 0 radical (unpaired) electrons. The van der Waals surface area contributed by atoms with Gasteiger partial charge in [0.05, 0.1) is 0 Å². The third-order valence-electron chi connectivity index (χ3n) is 5.02. The number of para-hydroxylation sites is 1. The first-order valence-electron chi connectivity index (χ1n) is 10.0. The van der Waals surface area contributed by atoms with Crippen LogP contribution in [-0.4, -0.2) is 64.3 Å². The van der Waals surface area contributed by atoms with Crippen LogP contribution in [0, 0.1) is 5.92 Å². The van der Waals surface area contributed by atoms with E-state index in [4.69, 9.17) is 9.73 Å². The second-order valence-corrected chi connectivity index (χ2v) is 7.11.